The van der Waals surface area contributed by atoms with E-state index >= 15 is 0 Å². The van der Waals surface area contributed by atoms with Crippen molar-refractivity contribution >= 4 is 16.9 Å². The summed E-state index contributed by atoms with van der Waals surface area (Å²) in [6.45, 7) is 8.24. The molecule has 0 N–H and O–H groups in total. The Balaban J connectivity index is 1.07. The molecule has 0 aromatic heterocycles. The standard InChI is InChI=1S/C44H56N4O2P2/c1-35(49-51-45(31-37-19-7-3-8-20-37)41-27-15-16-28-42(41)46(51)32-38-21-9-4-10-22-38)36(2)50-52-47(33-39-23-11-5-12-24-39)43-29-17-18-30-44(43)48(52)34-40-25-13-6-14-26-40/h3-14,19-26,35-36,41-44H,15-18,27-34H2,1-2H3. The molecule has 6 nitrogen and oxygen atoms in total. The normalized spacial score (nSPS) is 28.3. The van der Waals surface area contributed by atoms with E-state index in [9.17, 15) is 0 Å². The zero-order valence-corrected chi connectivity index (χ0v) is 32.8. The van der Waals surface area contributed by atoms with Gasteiger partial charge in [0, 0.05) is 50.3 Å². The predicted molar refractivity (Wildman–Crippen MR) is 215 cm³/mol. The Labute approximate surface area is 315 Å². The van der Waals surface area contributed by atoms with Crippen LogP contribution in [-0.4, -0.2) is 55.1 Å². The van der Waals surface area contributed by atoms with Gasteiger partial charge in [0.05, 0.1) is 12.2 Å². The lowest BCUT2D eigenvalue weighted by atomic mass is 9.90. The fourth-order valence-electron chi connectivity index (χ4n) is 8.88. The van der Waals surface area contributed by atoms with Gasteiger partial charge in [0.1, 0.15) is 0 Å². The zero-order chi connectivity index (χ0) is 35.3. The van der Waals surface area contributed by atoms with Crippen molar-refractivity contribution in [2.75, 3.05) is 0 Å². The molecule has 52 heavy (non-hydrogen) atoms. The lowest BCUT2D eigenvalue weighted by Gasteiger charge is -2.37. The topological polar surface area (TPSA) is 31.4 Å². The van der Waals surface area contributed by atoms with Gasteiger partial charge in [-0.2, -0.15) is 0 Å². The molecule has 0 spiro atoms. The van der Waals surface area contributed by atoms with Crippen LogP contribution in [0.15, 0.2) is 121 Å². The van der Waals surface area contributed by atoms with Crippen molar-refractivity contribution in [1.82, 2.24) is 18.7 Å². The number of benzene rings is 4. The fourth-order valence-corrected chi connectivity index (χ4v) is 14.1. The minimum absolute atomic E-state index is 0.0647. The quantitative estimate of drug-likeness (QED) is 0.127. The summed E-state index contributed by atoms with van der Waals surface area (Å²) < 4.78 is 25.9. The van der Waals surface area contributed by atoms with E-state index in [1.54, 1.807) is 0 Å². The van der Waals surface area contributed by atoms with Crippen molar-refractivity contribution < 1.29 is 9.05 Å². The largest absolute Gasteiger partial charge is 0.325 e. The van der Waals surface area contributed by atoms with Crippen molar-refractivity contribution in [2.24, 2.45) is 0 Å². The molecule has 0 radical (unpaired) electrons. The molecular formula is C44H56N4O2P2. The summed E-state index contributed by atoms with van der Waals surface area (Å²) in [5, 5.41) is 0. The van der Waals surface area contributed by atoms with Crippen LogP contribution >= 0.6 is 16.9 Å². The molecule has 4 aromatic rings. The van der Waals surface area contributed by atoms with Crippen molar-refractivity contribution in [3.63, 3.8) is 0 Å². The highest BCUT2D eigenvalue weighted by Crippen LogP contribution is 2.62. The maximum absolute atomic E-state index is 7.44. The Kier molecular flexibility index (Phi) is 12.1. The first-order valence-electron chi connectivity index (χ1n) is 19.8. The second kappa shape index (κ2) is 17.3. The van der Waals surface area contributed by atoms with E-state index in [2.05, 4.69) is 154 Å². The molecule has 8 heteroatoms. The van der Waals surface area contributed by atoms with Gasteiger partial charge in [-0.3, -0.25) is 0 Å². The zero-order valence-electron chi connectivity index (χ0n) is 31.0. The molecule has 2 aliphatic heterocycles. The molecule has 4 aromatic carbocycles. The van der Waals surface area contributed by atoms with Crippen LogP contribution < -0.4 is 0 Å². The Bertz CT molecular complexity index is 1430. The molecule has 2 heterocycles. The average Bonchev–Trinajstić information content (AvgIpc) is 3.63. The first kappa shape index (κ1) is 36.5. The number of hydrogen-bond donors (Lipinski definition) is 0. The van der Waals surface area contributed by atoms with Crippen LogP contribution in [0.2, 0.25) is 0 Å². The Morgan fingerprint density at radius 2 is 0.654 bits per heavy atom. The van der Waals surface area contributed by atoms with Crippen LogP contribution in [0.5, 0.6) is 0 Å². The van der Waals surface area contributed by atoms with Crippen LogP contribution in [0.3, 0.4) is 0 Å². The molecule has 6 unspecified atom stereocenters. The van der Waals surface area contributed by atoms with Crippen molar-refractivity contribution in [1.29, 1.82) is 0 Å². The highest BCUT2D eigenvalue weighted by molar-refractivity contribution is 7.48. The van der Waals surface area contributed by atoms with E-state index in [-0.39, 0.29) is 12.2 Å². The van der Waals surface area contributed by atoms with Crippen LogP contribution in [-0.2, 0) is 35.2 Å². The molecule has 0 bridgehead atoms. The van der Waals surface area contributed by atoms with Gasteiger partial charge in [-0.05, 0) is 61.8 Å². The summed E-state index contributed by atoms with van der Waals surface area (Å²) in [7, 11) is -2.02. The van der Waals surface area contributed by atoms with Gasteiger partial charge in [0.25, 0.3) is 0 Å². The summed E-state index contributed by atoms with van der Waals surface area (Å²) in [6.07, 6.45) is 10.0. The van der Waals surface area contributed by atoms with Gasteiger partial charge in [-0.1, -0.05) is 147 Å². The summed E-state index contributed by atoms with van der Waals surface area (Å²) in [4.78, 5) is 0. The second-order valence-corrected chi connectivity index (χ2v) is 18.8. The SMILES string of the molecule is CC(OP1N(Cc2ccccc2)C2CCCCC2N1Cc1ccccc1)C(C)OP1N(Cc2ccccc2)C2CCCCC2N1Cc1ccccc1. The smallest absolute Gasteiger partial charge is 0.189 e. The molecule has 0 amide bonds. The summed E-state index contributed by atoms with van der Waals surface area (Å²) in [5.74, 6) is 0. The van der Waals surface area contributed by atoms with Gasteiger partial charge >= 0.3 is 0 Å². The lowest BCUT2D eigenvalue weighted by molar-refractivity contribution is 0.0743. The summed E-state index contributed by atoms with van der Waals surface area (Å²) in [5.41, 5.74) is 5.47. The fraction of sp³-hybridized carbons (Fsp3) is 0.455. The predicted octanol–water partition coefficient (Wildman–Crippen LogP) is 10.9. The van der Waals surface area contributed by atoms with Crippen LogP contribution in [0.25, 0.3) is 0 Å². The minimum Gasteiger partial charge on any atom is -0.325 e. The van der Waals surface area contributed by atoms with E-state index in [0.29, 0.717) is 24.2 Å². The highest BCUT2D eigenvalue weighted by atomic mass is 31.2. The Morgan fingerprint density at radius 1 is 0.423 bits per heavy atom. The molecule has 8 rings (SSSR count). The summed E-state index contributed by atoms with van der Waals surface area (Å²) >= 11 is 0. The maximum atomic E-state index is 7.44. The first-order valence-corrected chi connectivity index (χ1v) is 22.1. The van der Waals surface area contributed by atoms with E-state index < -0.39 is 16.9 Å². The molecule has 2 saturated heterocycles. The van der Waals surface area contributed by atoms with E-state index in [0.717, 1.165) is 26.2 Å². The molecular weight excluding hydrogens is 678 g/mol. The third-order valence-electron chi connectivity index (χ3n) is 11.7. The second-order valence-electron chi connectivity index (χ2n) is 15.3. The summed E-state index contributed by atoms with van der Waals surface area (Å²) in [6, 6.07) is 46.2. The number of fused-ring (bicyclic) bond motifs is 2. The number of rotatable bonds is 13. The third kappa shape index (κ3) is 8.26. The number of hydrogen-bond acceptors (Lipinski definition) is 6. The third-order valence-corrected chi connectivity index (χ3v) is 16.3. The van der Waals surface area contributed by atoms with Gasteiger partial charge in [-0.15, -0.1) is 0 Å². The van der Waals surface area contributed by atoms with E-state index in [1.165, 1.54) is 73.6 Å². The van der Waals surface area contributed by atoms with Crippen molar-refractivity contribution in [3.05, 3.63) is 144 Å². The van der Waals surface area contributed by atoms with Crippen molar-refractivity contribution in [2.45, 2.75) is 128 Å². The van der Waals surface area contributed by atoms with E-state index in [1.807, 2.05) is 0 Å². The van der Waals surface area contributed by atoms with Crippen LogP contribution in [0.1, 0.15) is 87.5 Å². The lowest BCUT2D eigenvalue weighted by Crippen LogP contribution is -2.39. The minimum atomic E-state index is -1.01. The van der Waals surface area contributed by atoms with Crippen molar-refractivity contribution in [3.8, 4) is 0 Å². The first-order chi connectivity index (χ1) is 25.6. The van der Waals surface area contributed by atoms with Gasteiger partial charge in [0.2, 0.25) is 0 Å². The molecule has 6 atom stereocenters. The van der Waals surface area contributed by atoms with Gasteiger partial charge < -0.3 is 9.05 Å². The van der Waals surface area contributed by atoms with Gasteiger partial charge in [-0.25, -0.2) is 18.7 Å². The average molecular weight is 735 g/mol. The highest BCUT2D eigenvalue weighted by Gasteiger charge is 2.52. The monoisotopic (exact) mass is 734 g/mol. The van der Waals surface area contributed by atoms with E-state index in [4.69, 9.17) is 9.05 Å². The van der Waals surface area contributed by atoms with Crippen LogP contribution in [0.4, 0.5) is 0 Å². The molecule has 2 aliphatic carbocycles. The number of nitrogens with zero attached hydrogens (tertiary/aromatic N) is 4. The Hall–Kier alpha value is -2.50. The molecule has 4 fully saturated rings. The Morgan fingerprint density at radius 3 is 0.885 bits per heavy atom. The maximum Gasteiger partial charge on any atom is 0.189 e. The van der Waals surface area contributed by atoms with Gasteiger partial charge in [0.15, 0.2) is 16.9 Å². The molecule has 2 saturated carbocycles. The molecule has 4 aliphatic rings. The molecule has 274 valence electrons. The van der Waals surface area contributed by atoms with Crippen LogP contribution in [0, 0.1) is 0 Å².